The van der Waals surface area contributed by atoms with Crippen molar-refractivity contribution in [3.63, 3.8) is 0 Å². The molecule has 7 nitrogen and oxygen atoms in total. The van der Waals surface area contributed by atoms with E-state index in [0.717, 1.165) is 0 Å². The molecule has 0 heterocycles. The summed E-state index contributed by atoms with van der Waals surface area (Å²) in [5.41, 5.74) is -0.181. The molecule has 0 saturated carbocycles. The number of carbonyl (C=O) groups excluding carboxylic acids is 2. The summed E-state index contributed by atoms with van der Waals surface area (Å²) in [6.45, 7) is 6.02. The van der Waals surface area contributed by atoms with E-state index >= 15 is 0 Å². The maximum atomic E-state index is 12.3. The number of carbonyl (C=O) groups is 2. The van der Waals surface area contributed by atoms with Crippen LogP contribution in [0.1, 0.15) is 31.1 Å². The number of hydrogen-bond donors (Lipinski definition) is 1. The van der Waals surface area contributed by atoms with E-state index < -0.39 is 11.7 Å². The Morgan fingerprint density at radius 2 is 1.83 bits per heavy atom. The minimum atomic E-state index is -0.553. The fourth-order valence-corrected chi connectivity index (χ4v) is 1.86. The SMILES string of the molecule is COc1ccc(OC)c(C(=O)NCCN(C)C(=O)OC(C)(C)C)c1. The molecule has 0 fully saturated rings. The van der Waals surface area contributed by atoms with Crippen molar-refractivity contribution in [3.8, 4) is 11.5 Å². The summed E-state index contributed by atoms with van der Waals surface area (Å²) in [7, 11) is 4.64. The third-order valence-electron chi connectivity index (χ3n) is 3.09. The Labute approximate surface area is 142 Å². The molecule has 0 aliphatic rings. The lowest BCUT2D eigenvalue weighted by atomic mass is 10.1. The second-order valence-electron chi connectivity index (χ2n) is 6.22. The van der Waals surface area contributed by atoms with E-state index in [1.54, 1.807) is 46.0 Å². The molecule has 0 aromatic heterocycles. The first-order valence-electron chi connectivity index (χ1n) is 7.62. The Bertz CT molecular complexity index is 581. The molecule has 0 saturated heterocycles. The van der Waals surface area contributed by atoms with Crippen molar-refractivity contribution in [2.75, 3.05) is 34.4 Å². The molecule has 1 aromatic rings. The smallest absolute Gasteiger partial charge is 0.410 e. The van der Waals surface area contributed by atoms with Gasteiger partial charge in [0, 0.05) is 20.1 Å². The van der Waals surface area contributed by atoms with Gasteiger partial charge in [-0.05, 0) is 39.0 Å². The van der Waals surface area contributed by atoms with Gasteiger partial charge in [0.1, 0.15) is 17.1 Å². The largest absolute Gasteiger partial charge is 0.497 e. The van der Waals surface area contributed by atoms with Gasteiger partial charge in [-0.3, -0.25) is 4.79 Å². The molecular formula is C17H26N2O5. The number of nitrogens with zero attached hydrogens (tertiary/aromatic N) is 1. The predicted molar refractivity (Wildman–Crippen MR) is 90.7 cm³/mol. The van der Waals surface area contributed by atoms with Gasteiger partial charge in [-0.1, -0.05) is 0 Å². The van der Waals surface area contributed by atoms with Crippen LogP contribution in [0.3, 0.4) is 0 Å². The Balaban J connectivity index is 2.59. The van der Waals surface area contributed by atoms with Crippen molar-refractivity contribution in [2.24, 2.45) is 0 Å². The predicted octanol–water partition coefficient (Wildman–Crippen LogP) is 2.30. The molecule has 0 spiro atoms. The molecule has 24 heavy (non-hydrogen) atoms. The summed E-state index contributed by atoms with van der Waals surface area (Å²) in [5.74, 6) is 0.712. The summed E-state index contributed by atoms with van der Waals surface area (Å²) in [5, 5.41) is 2.75. The first-order valence-corrected chi connectivity index (χ1v) is 7.62. The van der Waals surface area contributed by atoms with Gasteiger partial charge in [0.15, 0.2) is 0 Å². The average molecular weight is 338 g/mol. The lowest BCUT2D eigenvalue weighted by Gasteiger charge is -2.24. The second kappa shape index (κ2) is 8.42. The van der Waals surface area contributed by atoms with Gasteiger partial charge in [0.25, 0.3) is 5.91 Å². The van der Waals surface area contributed by atoms with Gasteiger partial charge in [-0.2, -0.15) is 0 Å². The molecule has 1 N–H and O–H groups in total. The van der Waals surface area contributed by atoms with Crippen molar-refractivity contribution in [1.29, 1.82) is 0 Å². The fourth-order valence-electron chi connectivity index (χ4n) is 1.86. The van der Waals surface area contributed by atoms with Gasteiger partial charge >= 0.3 is 6.09 Å². The van der Waals surface area contributed by atoms with Crippen LogP contribution in [0.25, 0.3) is 0 Å². The van der Waals surface area contributed by atoms with Crippen molar-refractivity contribution in [3.05, 3.63) is 23.8 Å². The first-order chi connectivity index (χ1) is 11.2. The highest BCUT2D eigenvalue weighted by Gasteiger charge is 2.19. The van der Waals surface area contributed by atoms with Crippen LogP contribution in [0, 0.1) is 0 Å². The lowest BCUT2D eigenvalue weighted by molar-refractivity contribution is 0.0299. The number of benzene rings is 1. The van der Waals surface area contributed by atoms with Crippen LogP contribution in [-0.4, -0.2) is 56.9 Å². The van der Waals surface area contributed by atoms with E-state index in [1.165, 1.54) is 19.1 Å². The van der Waals surface area contributed by atoms with E-state index in [0.29, 0.717) is 23.6 Å². The second-order valence-corrected chi connectivity index (χ2v) is 6.22. The highest BCUT2D eigenvalue weighted by atomic mass is 16.6. The number of rotatable bonds is 6. The van der Waals surface area contributed by atoms with Crippen molar-refractivity contribution < 1.29 is 23.8 Å². The molecule has 0 atom stereocenters. The van der Waals surface area contributed by atoms with Gasteiger partial charge in [-0.15, -0.1) is 0 Å². The zero-order valence-electron chi connectivity index (χ0n) is 15.1. The zero-order valence-corrected chi connectivity index (χ0v) is 15.1. The van der Waals surface area contributed by atoms with E-state index in [2.05, 4.69) is 5.32 Å². The van der Waals surface area contributed by atoms with E-state index in [-0.39, 0.29) is 12.5 Å². The topological polar surface area (TPSA) is 77.1 Å². The van der Waals surface area contributed by atoms with Gasteiger partial charge < -0.3 is 24.4 Å². The van der Waals surface area contributed by atoms with Crippen LogP contribution in [-0.2, 0) is 4.74 Å². The van der Waals surface area contributed by atoms with E-state index in [4.69, 9.17) is 14.2 Å². The maximum Gasteiger partial charge on any atom is 0.410 e. The summed E-state index contributed by atoms with van der Waals surface area (Å²) in [6.07, 6.45) is -0.435. The Kier molecular flexibility index (Phi) is 6.88. The number of amides is 2. The van der Waals surface area contributed by atoms with Crippen LogP contribution >= 0.6 is 0 Å². The molecule has 0 aliphatic heterocycles. The van der Waals surface area contributed by atoms with E-state index in [1.807, 2.05) is 0 Å². The molecule has 0 unspecified atom stereocenters. The average Bonchev–Trinajstić information content (AvgIpc) is 2.52. The monoisotopic (exact) mass is 338 g/mol. The van der Waals surface area contributed by atoms with Gasteiger partial charge in [-0.25, -0.2) is 4.79 Å². The summed E-state index contributed by atoms with van der Waals surface area (Å²) in [4.78, 5) is 25.5. The van der Waals surface area contributed by atoms with Crippen LogP contribution in [0.15, 0.2) is 18.2 Å². The summed E-state index contributed by atoms with van der Waals surface area (Å²) >= 11 is 0. The summed E-state index contributed by atoms with van der Waals surface area (Å²) in [6, 6.07) is 4.98. The highest BCUT2D eigenvalue weighted by molar-refractivity contribution is 5.97. The third kappa shape index (κ3) is 5.98. The van der Waals surface area contributed by atoms with Gasteiger partial charge in [0.2, 0.25) is 0 Å². The minimum absolute atomic E-state index is 0.287. The maximum absolute atomic E-state index is 12.3. The molecule has 0 bridgehead atoms. The quantitative estimate of drug-likeness (QED) is 0.861. The highest BCUT2D eigenvalue weighted by Crippen LogP contribution is 2.23. The standard InChI is InChI=1S/C17H26N2O5/c1-17(2,3)24-16(21)19(4)10-9-18-15(20)13-11-12(22-5)7-8-14(13)23-6/h7-8,11H,9-10H2,1-6H3,(H,18,20). The Morgan fingerprint density at radius 3 is 2.38 bits per heavy atom. The van der Waals surface area contributed by atoms with Crippen molar-refractivity contribution in [1.82, 2.24) is 10.2 Å². The van der Waals surface area contributed by atoms with Crippen molar-refractivity contribution in [2.45, 2.75) is 26.4 Å². The molecule has 2 amide bonds. The Hall–Kier alpha value is -2.44. The summed E-state index contributed by atoms with van der Waals surface area (Å²) < 4.78 is 15.6. The van der Waals surface area contributed by atoms with Crippen LogP contribution in [0.2, 0.25) is 0 Å². The zero-order chi connectivity index (χ0) is 18.3. The Morgan fingerprint density at radius 1 is 1.17 bits per heavy atom. The van der Waals surface area contributed by atoms with Gasteiger partial charge in [0.05, 0.1) is 19.8 Å². The molecular weight excluding hydrogens is 312 g/mol. The van der Waals surface area contributed by atoms with E-state index in [9.17, 15) is 9.59 Å². The molecule has 0 aliphatic carbocycles. The fraction of sp³-hybridized carbons (Fsp3) is 0.529. The molecule has 7 heteroatoms. The molecule has 0 radical (unpaired) electrons. The number of nitrogens with one attached hydrogen (secondary N) is 1. The van der Waals surface area contributed by atoms with Crippen LogP contribution < -0.4 is 14.8 Å². The van der Waals surface area contributed by atoms with Crippen molar-refractivity contribution >= 4 is 12.0 Å². The molecule has 1 rings (SSSR count). The number of likely N-dealkylation sites (N-methyl/N-ethyl adjacent to an activating group) is 1. The first kappa shape index (κ1) is 19.6. The lowest BCUT2D eigenvalue weighted by Crippen LogP contribution is -2.39. The molecule has 134 valence electrons. The number of methoxy groups -OCH3 is 2. The number of hydrogen-bond acceptors (Lipinski definition) is 5. The van der Waals surface area contributed by atoms with Crippen LogP contribution in [0.4, 0.5) is 4.79 Å². The minimum Gasteiger partial charge on any atom is -0.497 e. The normalized spacial score (nSPS) is 10.8. The van der Waals surface area contributed by atoms with Crippen LogP contribution in [0.5, 0.6) is 11.5 Å². The third-order valence-corrected chi connectivity index (χ3v) is 3.09. The number of ether oxygens (including phenoxy) is 3. The molecule has 1 aromatic carbocycles.